The predicted molar refractivity (Wildman–Crippen MR) is 81.4 cm³/mol. The van der Waals surface area contributed by atoms with E-state index in [2.05, 4.69) is 16.3 Å². The molecule has 20 heavy (non-hydrogen) atoms. The Hall–Kier alpha value is -1.41. The van der Waals surface area contributed by atoms with Crippen LogP contribution in [0, 0.1) is 11.3 Å². The molecule has 0 aromatic heterocycles. The lowest BCUT2D eigenvalue weighted by Crippen LogP contribution is -2.49. The fourth-order valence-electron chi connectivity index (χ4n) is 2.26. The van der Waals surface area contributed by atoms with Crippen LogP contribution in [0.25, 0.3) is 0 Å². The minimum Gasteiger partial charge on any atom is -0.380 e. The Kier molecular flexibility index (Phi) is 7.24. The lowest BCUT2D eigenvalue weighted by atomic mass is 9.90. The Morgan fingerprint density at radius 2 is 2.00 bits per heavy atom. The largest absolute Gasteiger partial charge is 0.380 e. The van der Waals surface area contributed by atoms with Crippen molar-refractivity contribution in [1.82, 2.24) is 10.2 Å². The van der Waals surface area contributed by atoms with Crippen LogP contribution in [0.3, 0.4) is 0 Å². The zero-order valence-electron chi connectivity index (χ0n) is 12.7. The maximum absolute atomic E-state index is 9.71. The monoisotopic (exact) mass is 275 g/mol. The number of rotatable bonds is 9. The highest BCUT2D eigenvalue weighted by Crippen LogP contribution is 2.21. The molecular weight excluding hydrogens is 250 g/mol. The van der Waals surface area contributed by atoms with Crippen LogP contribution in [0.4, 0.5) is 0 Å². The second-order valence-electron chi connectivity index (χ2n) is 4.85. The van der Waals surface area contributed by atoms with Crippen LogP contribution < -0.4 is 5.32 Å². The number of hydrogen-bond donors (Lipinski definition) is 1. The maximum atomic E-state index is 9.71. The fraction of sp³-hybridized carbons (Fsp3) is 0.562. The van der Waals surface area contributed by atoms with Gasteiger partial charge >= 0.3 is 0 Å². The summed E-state index contributed by atoms with van der Waals surface area (Å²) in [5.74, 6) is 0. The summed E-state index contributed by atoms with van der Waals surface area (Å²) in [5.41, 5.74) is 0.337. The van der Waals surface area contributed by atoms with Crippen molar-refractivity contribution in [1.29, 1.82) is 5.26 Å². The summed E-state index contributed by atoms with van der Waals surface area (Å²) in [4.78, 5) is 2.13. The first-order valence-electron chi connectivity index (χ1n) is 7.16. The molecule has 4 heteroatoms. The van der Waals surface area contributed by atoms with Crippen LogP contribution in [0.2, 0.25) is 0 Å². The summed E-state index contributed by atoms with van der Waals surface area (Å²) >= 11 is 0. The molecule has 0 bridgehead atoms. The SMILES string of the molecule is CCNC(C#N)(CN(C)CCOCC)c1ccccc1. The van der Waals surface area contributed by atoms with Gasteiger partial charge in [-0.3, -0.25) is 5.32 Å². The fourth-order valence-corrected chi connectivity index (χ4v) is 2.26. The predicted octanol–water partition coefficient (Wildman–Crippen LogP) is 1.98. The quantitative estimate of drug-likeness (QED) is 0.700. The molecular formula is C16H25N3O. The molecule has 0 aliphatic rings. The molecule has 0 spiro atoms. The Balaban J connectivity index is 2.82. The number of hydrogen-bond acceptors (Lipinski definition) is 4. The summed E-state index contributed by atoms with van der Waals surface area (Å²) in [5, 5.41) is 13.1. The number of nitriles is 1. The van der Waals surface area contributed by atoms with Crippen LogP contribution in [-0.4, -0.2) is 44.8 Å². The summed E-state index contributed by atoms with van der Waals surface area (Å²) in [6.07, 6.45) is 0. The van der Waals surface area contributed by atoms with Gasteiger partial charge in [0, 0.05) is 19.7 Å². The average molecular weight is 275 g/mol. The van der Waals surface area contributed by atoms with Crippen molar-refractivity contribution in [3.63, 3.8) is 0 Å². The second-order valence-corrected chi connectivity index (χ2v) is 4.85. The third kappa shape index (κ3) is 4.61. The van der Waals surface area contributed by atoms with Crippen LogP contribution in [0.15, 0.2) is 30.3 Å². The van der Waals surface area contributed by atoms with Gasteiger partial charge in [0.1, 0.15) is 5.54 Å². The number of ether oxygens (including phenoxy) is 1. The number of likely N-dealkylation sites (N-methyl/N-ethyl adjacent to an activating group) is 2. The Labute approximate surface area is 122 Å². The average Bonchev–Trinajstić information content (AvgIpc) is 2.48. The van der Waals surface area contributed by atoms with Gasteiger partial charge < -0.3 is 9.64 Å². The molecule has 1 aromatic carbocycles. The summed E-state index contributed by atoms with van der Waals surface area (Å²) < 4.78 is 5.37. The zero-order chi connectivity index (χ0) is 14.8. The van der Waals surface area contributed by atoms with E-state index in [4.69, 9.17) is 4.74 Å². The smallest absolute Gasteiger partial charge is 0.145 e. The minimum absolute atomic E-state index is 0.633. The van der Waals surface area contributed by atoms with Crippen molar-refractivity contribution < 1.29 is 4.74 Å². The van der Waals surface area contributed by atoms with E-state index in [-0.39, 0.29) is 0 Å². The van der Waals surface area contributed by atoms with E-state index in [9.17, 15) is 5.26 Å². The van der Waals surface area contributed by atoms with E-state index in [1.54, 1.807) is 0 Å². The third-order valence-electron chi connectivity index (χ3n) is 3.26. The molecule has 110 valence electrons. The highest BCUT2D eigenvalue weighted by Gasteiger charge is 2.32. The van der Waals surface area contributed by atoms with Gasteiger partial charge in [0.15, 0.2) is 0 Å². The topological polar surface area (TPSA) is 48.3 Å². The third-order valence-corrected chi connectivity index (χ3v) is 3.26. The molecule has 0 aliphatic carbocycles. The molecule has 0 amide bonds. The zero-order valence-corrected chi connectivity index (χ0v) is 12.7. The highest BCUT2D eigenvalue weighted by atomic mass is 16.5. The molecule has 1 unspecified atom stereocenters. The van der Waals surface area contributed by atoms with Crippen molar-refractivity contribution in [3.05, 3.63) is 35.9 Å². The Morgan fingerprint density at radius 3 is 2.55 bits per heavy atom. The first kappa shape index (κ1) is 16.6. The maximum Gasteiger partial charge on any atom is 0.145 e. The molecule has 1 N–H and O–H groups in total. The van der Waals surface area contributed by atoms with Gasteiger partial charge in [-0.05, 0) is 26.1 Å². The lowest BCUT2D eigenvalue weighted by molar-refractivity contribution is 0.114. The lowest BCUT2D eigenvalue weighted by Gasteiger charge is -2.32. The van der Waals surface area contributed by atoms with Crippen LogP contribution in [0.1, 0.15) is 19.4 Å². The standard InChI is InChI=1S/C16H25N3O/c1-4-18-16(13-17,15-9-7-6-8-10-15)14-19(3)11-12-20-5-2/h6-10,18H,4-5,11-12,14H2,1-3H3. The molecule has 0 fully saturated rings. The van der Waals surface area contributed by atoms with Gasteiger partial charge in [-0.25, -0.2) is 0 Å². The van der Waals surface area contributed by atoms with E-state index < -0.39 is 5.54 Å². The summed E-state index contributed by atoms with van der Waals surface area (Å²) in [6, 6.07) is 12.4. The Bertz CT molecular complexity index is 415. The van der Waals surface area contributed by atoms with Crippen molar-refractivity contribution in [3.8, 4) is 6.07 Å². The normalized spacial score (nSPS) is 13.9. The molecule has 0 saturated carbocycles. The van der Waals surface area contributed by atoms with Crippen molar-refractivity contribution in [2.24, 2.45) is 0 Å². The van der Waals surface area contributed by atoms with E-state index in [1.807, 2.05) is 51.2 Å². The molecule has 0 radical (unpaired) electrons. The van der Waals surface area contributed by atoms with Crippen LogP contribution in [0.5, 0.6) is 0 Å². The molecule has 0 aliphatic heterocycles. The van der Waals surface area contributed by atoms with Crippen molar-refractivity contribution >= 4 is 0 Å². The van der Waals surface area contributed by atoms with Gasteiger partial charge in [0.2, 0.25) is 0 Å². The van der Waals surface area contributed by atoms with Crippen molar-refractivity contribution in [2.45, 2.75) is 19.4 Å². The van der Waals surface area contributed by atoms with Crippen molar-refractivity contribution in [2.75, 3.05) is 39.9 Å². The van der Waals surface area contributed by atoms with Crippen LogP contribution in [-0.2, 0) is 10.3 Å². The van der Waals surface area contributed by atoms with E-state index in [0.29, 0.717) is 13.2 Å². The Morgan fingerprint density at radius 1 is 1.30 bits per heavy atom. The first-order valence-corrected chi connectivity index (χ1v) is 7.16. The molecule has 0 heterocycles. The summed E-state index contributed by atoms with van der Waals surface area (Å²) in [6.45, 7) is 7.63. The molecule has 4 nitrogen and oxygen atoms in total. The highest BCUT2D eigenvalue weighted by molar-refractivity contribution is 5.32. The summed E-state index contributed by atoms with van der Waals surface area (Å²) in [7, 11) is 2.02. The minimum atomic E-state index is -0.670. The van der Waals surface area contributed by atoms with Gasteiger partial charge in [-0.15, -0.1) is 0 Å². The molecule has 1 rings (SSSR count). The number of benzene rings is 1. The van der Waals surface area contributed by atoms with E-state index in [1.165, 1.54) is 0 Å². The second kappa shape index (κ2) is 8.70. The van der Waals surface area contributed by atoms with Gasteiger partial charge in [0.25, 0.3) is 0 Å². The van der Waals surface area contributed by atoms with Gasteiger partial charge in [-0.2, -0.15) is 5.26 Å². The molecule has 0 saturated heterocycles. The van der Waals surface area contributed by atoms with E-state index >= 15 is 0 Å². The van der Waals surface area contributed by atoms with E-state index in [0.717, 1.165) is 25.3 Å². The van der Waals surface area contributed by atoms with Gasteiger partial charge in [0.05, 0.1) is 12.7 Å². The van der Waals surface area contributed by atoms with Gasteiger partial charge in [-0.1, -0.05) is 37.3 Å². The number of nitrogens with one attached hydrogen (secondary N) is 1. The first-order chi connectivity index (χ1) is 9.68. The number of nitrogens with zero attached hydrogens (tertiary/aromatic N) is 2. The van der Waals surface area contributed by atoms with Crippen LogP contribution >= 0.6 is 0 Å². The molecule has 1 aromatic rings. The molecule has 1 atom stereocenters.